The molecule has 0 heterocycles. The topological polar surface area (TPSA) is 29.1 Å². The van der Waals surface area contributed by atoms with Crippen LogP contribution in [-0.2, 0) is 4.79 Å². The molecule has 0 aromatic heterocycles. The molecule has 4 heteroatoms. The van der Waals surface area contributed by atoms with Gasteiger partial charge in [0, 0.05) is 13.5 Å². The molecule has 0 fully saturated rings. The Bertz CT molecular complexity index is 251. The lowest BCUT2D eigenvalue weighted by atomic mass is 10.3. The van der Waals surface area contributed by atoms with Crippen LogP contribution in [0.2, 0.25) is 0 Å². The summed E-state index contributed by atoms with van der Waals surface area (Å²) < 4.78 is 23.8. The first kappa shape index (κ1) is 12.6. The van der Waals surface area contributed by atoms with Gasteiger partial charge in [0.2, 0.25) is 5.91 Å². The van der Waals surface area contributed by atoms with Gasteiger partial charge in [0.1, 0.15) is 11.6 Å². The van der Waals surface area contributed by atoms with E-state index in [2.05, 4.69) is 5.32 Å². The van der Waals surface area contributed by atoms with Crippen LogP contribution in [0.1, 0.15) is 13.8 Å². The molecule has 1 amide bonds. The van der Waals surface area contributed by atoms with Crippen LogP contribution in [-0.4, -0.2) is 12.5 Å². The van der Waals surface area contributed by atoms with Crippen molar-refractivity contribution < 1.29 is 13.6 Å². The molecule has 0 aliphatic rings. The third kappa shape index (κ3) is 7.21. The lowest BCUT2D eigenvalue weighted by molar-refractivity contribution is -0.118. The highest BCUT2D eigenvalue weighted by Crippen LogP contribution is 1.98. The van der Waals surface area contributed by atoms with Crippen LogP contribution >= 0.6 is 0 Å². The Kier molecular flexibility index (Phi) is 6.28. The van der Waals surface area contributed by atoms with E-state index in [1.165, 1.54) is 6.92 Å². The summed E-state index contributed by atoms with van der Waals surface area (Å²) in [5.74, 6) is -0.782. The van der Waals surface area contributed by atoms with Crippen LogP contribution in [0.4, 0.5) is 8.78 Å². The fourth-order valence-electron chi connectivity index (χ4n) is 0.678. The quantitative estimate of drug-likeness (QED) is 0.740. The number of benzene rings is 1. The Labute approximate surface area is 81.9 Å². The summed E-state index contributed by atoms with van der Waals surface area (Å²) in [6.45, 7) is 4.13. The largest absolute Gasteiger partial charge is 0.357 e. The van der Waals surface area contributed by atoms with Crippen LogP contribution in [0.25, 0.3) is 0 Å². The number of halogens is 2. The van der Waals surface area contributed by atoms with Crippen molar-refractivity contribution in [1.29, 1.82) is 0 Å². The van der Waals surface area contributed by atoms with Crippen LogP contribution in [0.5, 0.6) is 0 Å². The van der Waals surface area contributed by atoms with Gasteiger partial charge in [-0.15, -0.1) is 0 Å². The fourth-order valence-corrected chi connectivity index (χ4v) is 0.678. The van der Waals surface area contributed by atoms with E-state index in [1.807, 2.05) is 6.92 Å². The van der Waals surface area contributed by atoms with Gasteiger partial charge in [-0.1, -0.05) is 0 Å². The number of carbonyl (C=O) groups is 1. The fraction of sp³-hybridized carbons (Fsp3) is 0.300. The van der Waals surface area contributed by atoms with Gasteiger partial charge in [-0.2, -0.15) is 0 Å². The summed E-state index contributed by atoms with van der Waals surface area (Å²) in [6.07, 6.45) is 0. The molecule has 1 N–H and O–H groups in total. The smallest absolute Gasteiger partial charge is 0.216 e. The summed E-state index contributed by atoms with van der Waals surface area (Å²) in [7, 11) is 0. The maximum absolute atomic E-state index is 11.9. The average molecular weight is 201 g/mol. The van der Waals surface area contributed by atoms with Gasteiger partial charge in [-0.05, 0) is 31.2 Å². The summed E-state index contributed by atoms with van der Waals surface area (Å²) in [5.41, 5.74) is 0. The Morgan fingerprint density at radius 3 is 1.71 bits per heavy atom. The highest BCUT2D eigenvalue weighted by atomic mass is 19.1. The third-order valence-corrected chi connectivity index (χ3v) is 1.23. The van der Waals surface area contributed by atoms with E-state index in [-0.39, 0.29) is 5.91 Å². The van der Waals surface area contributed by atoms with Crippen molar-refractivity contribution in [1.82, 2.24) is 5.32 Å². The number of carbonyl (C=O) groups excluding carboxylic acids is 1. The molecule has 14 heavy (non-hydrogen) atoms. The van der Waals surface area contributed by atoms with E-state index in [0.717, 1.165) is 30.8 Å². The van der Waals surface area contributed by atoms with Gasteiger partial charge in [-0.25, -0.2) is 8.78 Å². The molecule has 2 nitrogen and oxygen atoms in total. The van der Waals surface area contributed by atoms with Crippen LogP contribution in [0.3, 0.4) is 0 Å². The highest BCUT2D eigenvalue weighted by Gasteiger charge is 1.86. The number of rotatable bonds is 1. The predicted octanol–water partition coefficient (Wildman–Crippen LogP) is 2.11. The number of amides is 1. The molecule has 0 aliphatic heterocycles. The maximum atomic E-state index is 11.9. The average Bonchev–Trinajstić information content (AvgIpc) is 2.11. The van der Waals surface area contributed by atoms with E-state index in [1.54, 1.807) is 0 Å². The SMILES string of the molecule is CCNC(C)=O.Fc1ccc(F)cc1. The van der Waals surface area contributed by atoms with Gasteiger partial charge >= 0.3 is 0 Å². The summed E-state index contributed by atoms with van der Waals surface area (Å²) >= 11 is 0. The lowest BCUT2D eigenvalue weighted by Crippen LogP contribution is -2.18. The molecule has 0 unspecified atom stereocenters. The molecule has 78 valence electrons. The third-order valence-electron chi connectivity index (χ3n) is 1.23. The Balaban J connectivity index is 0.000000255. The second kappa shape index (κ2) is 7.00. The lowest BCUT2D eigenvalue weighted by Gasteiger charge is -1.88. The molecular formula is C10H13F2NO. The van der Waals surface area contributed by atoms with Crippen LogP contribution < -0.4 is 5.32 Å². The van der Waals surface area contributed by atoms with Crippen molar-refractivity contribution in [3.05, 3.63) is 35.9 Å². The minimum Gasteiger partial charge on any atom is -0.357 e. The molecule has 0 saturated heterocycles. The van der Waals surface area contributed by atoms with Gasteiger partial charge in [0.15, 0.2) is 0 Å². The number of hydrogen-bond acceptors (Lipinski definition) is 1. The van der Waals surface area contributed by atoms with Gasteiger partial charge in [0.05, 0.1) is 0 Å². The zero-order chi connectivity index (χ0) is 11.0. The Morgan fingerprint density at radius 1 is 1.21 bits per heavy atom. The summed E-state index contributed by atoms with van der Waals surface area (Å²) in [4.78, 5) is 9.93. The zero-order valence-electron chi connectivity index (χ0n) is 8.18. The normalized spacial score (nSPS) is 8.57. The molecule has 1 rings (SSSR count). The van der Waals surface area contributed by atoms with Gasteiger partial charge in [0.25, 0.3) is 0 Å². The summed E-state index contributed by atoms with van der Waals surface area (Å²) in [5, 5.41) is 2.57. The van der Waals surface area contributed by atoms with Gasteiger partial charge in [-0.3, -0.25) is 4.79 Å². The van der Waals surface area contributed by atoms with Crippen LogP contribution in [0, 0.1) is 11.6 Å². The van der Waals surface area contributed by atoms with Crippen molar-refractivity contribution in [3.8, 4) is 0 Å². The van der Waals surface area contributed by atoms with Crippen molar-refractivity contribution in [2.75, 3.05) is 6.54 Å². The first-order chi connectivity index (χ1) is 6.56. The van der Waals surface area contributed by atoms with Crippen molar-refractivity contribution in [2.24, 2.45) is 0 Å². The van der Waals surface area contributed by atoms with E-state index in [9.17, 15) is 13.6 Å². The molecule has 0 radical (unpaired) electrons. The molecule has 0 saturated carbocycles. The molecular weight excluding hydrogens is 188 g/mol. The number of hydrogen-bond donors (Lipinski definition) is 1. The van der Waals surface area contributed by atoms with Crippen LogP contribution in [0.15, 0.2) is 24.3 Å². The van der Waals surface area contributed by atoms with Crippen molar-refractivity contribution in [3.63, 3.8) is 0 Å². The Hall–Kier alpha value is -1.45. The minimum absolute atomic E-state index is 0.0394. The predicted molar refractivity (Wildman–Crippen MR) is 50.7 cm³/mol. The van der Waals surface area contributed by atoms with E-state index in [4.69, 9.17) is 0 Å². The maximum Gasteiger partial charge on any atom is 0.216 e. The molecule has 0 aliphatic carbocycles. The van der Waals surface area contributed by atoms with E-state index in [0.29, 0.717) is 0 Å². The zero-order valence-corrected chi connectivity index (χ0v) is 8.18. The van der Waals surface area contributed by atoms with E-state index < -0.39 is 11.6 Å². The number of nitrogens with one attached hydrogen (secondary N) is 1. The molecule has 0 bridgehead atoms. The monoisotopic (exact) mass is 201 g/mol. The molecule has 1 aromatic rings. The first-order valence-electron chi connectivity index (χ1n) is 4.21. The molecule has 0 atom stereocenters. The Morgan fingerprint density at radius 2 is 1.57 bits per heavy atom. The summed E-state index contributed by atoms with van der Waals surface area (Å²) in [6, 6.07) is 4.31. The van der Waals surface area contributed by atoms with Crippen molar-refractivity contribution in [2.45, 2.75) is 13.8 Å². The first-order valence-corrected chi connectivity index (χ1v) is 4.21. The minimum atomic E-state index is -0.411. The van der Waals surface area contributed by atoms with Gasteiger partial charge < -0.3 is 5.32 Å². The standard InChI is InChI=1S/C6H4F2.C4H9NO/c7-5-1-2-6(8)4-3-5;1-3-5-4(2)6/h1-4H;3H2,1-2H3,(H,5,6). The highest BCUT2D eigenvalue weighted by molar-refractivity contribution is 5.72. The second-order valence-corrected chi connectivity index (χ2v) is 2.52. The van der Waals surface area contributed by atoms with E-state index >= 15 is 0 Å². The molecule has 0 spiro atoms. The molecule has 1 aromatic carbocycles. The second-order valence-electron chi connectivity index (χ2n) is 2.52. The van der Waals surface area contributed by atoms with Crippen molar-refractivity contribution >= 4 is 5.91 Å².